The van der Waals surface area contributed by atoms with Crippen LogP contribution in [0.1, 0.15) is 12.5 Å². The van der Waals surface area contributed by atoms with Gasteiger partial charge < -0.3 is 5.32 Å². The fraction of sp³-hybridized carbons (Fsp3) is 0.364. The van der Waals surface area contributed by atoms with Gasteiger partial charge in [0.2, 0.25) is 5.91 Å². The van der Waals surface area contributed by atoms with Crippen molar-refractivity contribution < 1.29 is 4.79 Å². The van der Waals surface area contributed by atoms with Crippen LogP contribution in [0.4, 0.5) is 0 Å². The van der Waals surface area contributed by atoms with Crippen LogP contribution < -0.4 is 5.32 Å². The predicted octanol–water partition coefficient (Wildman–Crippen LogP) is 2.82. The molecule has 1 N–H and O–H groups in total. The maximum atomic E-state index is 11.2. The zero-order valence-electron chi connectivity index (χ0n) is 8.63. The second-order valence-corrected chi connectivity index (χ2v) is 4.98. The van der Waals surface area contributed by atoms with E-state index in [0.29, 0.717) is 12.3 Å². The number of hydrogen-bond donors (Lipinski definition) is 1. The van der Waals surface area contributed by atoms with Gasteiger partial charge in [0.05, 0.1) is 5.75 Å². The molecule has 0 bridgehead atoms. The van der Waals surface area contributed by atoms with E-state index in [-0.39, 0.29) is 5.91 Å². The summed E-state index contributed by atoms with van der Waals surface area (Å²) in [5.41, 5.74) is 1.23. The quantitative estimate of drug-likeness (QED) is 0.902. The van der Waals surface area contributed by atoms with E-state index in [1.54, 1.807) is 11.8 Å². The van der Waals surface area contributed by atoms with E-state index < -0.39 is 0 Å². The topological polar surface area (TPSA) is 29.1 Å². The number of nitrogens with one attached hydrogen (secondary N) is 1. The summed E-state index contributed by atoms with van der Waals surface area (Å²) in [7, 11) is 0. The fourth-order valence-corrected chi connectivity index (χ4v) is 2.39. The molecule has 15 heavy (non-hydrogen) atoms. The van der Waals surface area contributed by atoms with E-state index in [2.05, 4.69) is 33.4 Å². The van der Waals surface area contributed by atoms with Crippen molar-refractivity contribution in [3.63, 3.8) is 0 Å². The third-order valence-electron chi connectivity index (χ3n) is 1.76. The maximum absolute atomic E-state index is 11.2. The van der Waals surface area contributed by atoms with Crippen molar-refractivity contribution in [2.24, 2.45) is 0 Å². The molecule has 0 unspecified atom stereocenters. The zero-order valence-corrected chi connectivity index (χ0v) is 11.0. The summed E-state index contributed by atoms with van der Waals surface area (Å²) in [5, 5.41) is 2.77. The highest BCUT2D eigenvalue weighted by Gasteiger charge is 2.00. The largest absolute Gasteiger partial charge is 0.356 e. The highest BCUT2D eigenvalue weighted by atomic mass is 79.9. The smallest absolute Gasteiger partial charge is 0.229 e. The van der Waals surface area contributed by atoms with Gasteiger partial charge in [0.15, 0.2) is 0 Å². The Balaban J connectivity index is 2.28. The number of thioether (sulfide) groups is 1. The van der Waals surface area contributed by atoms with E-state index in [4.69, 9.17) is 0 Å². The van der Waals surface area contributed by atoms with Crippen LogP contribution >= 0.6 is 27.7 Å². The van der Waals surface area contributed by atoms with Crippen LogP contribution in [0.3, 0.4) is 0 Å². The highest BCUT2D eigenvalue weighted by molar-refractivity contribution is 9.10. The molecule has 2 nitrogen and oxygen atoms in total. The Morgan fingerprint density at radius 1 is 1.53 bits per heavy atom. The summed E-state index contributed by atoms with van der Waals surface area (Å²) >= 11 is 5.05. The van der Waals surface area contributed by atoms with Gasteiger partial charge >= 0.3 is 0 Å². The first-order valence-electron chi connectivity index (χ1n) is 4.81. The van der Waals surface area contributed by atoms with Crippen molar-refractivity contribution in [3.8, 4) is 0 Å². The SMILES string of the molecule is CCNC(=O)CSCc1cccc(Br)c1. The van der Waals surface area contributed by atoms with Gasteiger partial charge in [-0.3, -0.25) is 4.79 Å². The van der Waals surface area contributed by atoms with E-state index >= 15 is 0 Å². The Labute approximate surface area is 103 Å². The molecule has 1 amide bonds. The summed E-state index contributed by atoms with van der Waals surface area (Å²) in [5.74, 6) is 1.51. The van der Waals surface area contributed by atoms with Crippen LogP contribution in [-0.4, -0.2) is 18.2 Å². The molecule has 1 aromatic carbocycles. The Morgan fingerprint density at radius 3 is 3.00 bits per heavy atom. The van der Waals surface area contributed by atoms with Crippen molar-refractivity contribution in [3.05, 3.63) is 34.3 Å². The average Bonchev–Trinajstić information content (AvgIpc) is 2.18. The van der Waals surface area contributed by atoms with Crippen LogP contribution in [0, 0.1) is 0 Å². The lowest BCUT2D eigenvalue weighted by Gasteiger charge is -2.03. The number of amides is 1. The lowest BCUT2D eigenvalue weighted by Crippen LogP contribution is -2.24. The Kier molecular flexibility index (Phi) is 5.79. The Hall–Kier alpha value is -0.480. The summed E-state index contributed by atoms with van der Waals surface area (Å²) in [6.07, 6.45) is 0. The van der Waals surface area contributed by atoms with Crippen molar-refractivity contribution in [1.29, 1.82) is 0 Å². The molecule has 4 heteroatoms. The third-order valence-corrected chi connectivity index (χ3v) is 3.26. The van der Waals surface area contributed by atoms with Gasteiger partial charge in [-0.05, 0) is 24.6 Å². The Bertz CT molecular complexity index is 330. The van der Waals surface area contributed by atoms with Gasteiger partial charge in [-0.2, -0.15) is 0 Å². The van der Waals surface area contributed by atoms with Gasteiger partial charge in [-0.15, -0.1) is 11.8 Å². The standard InChI is InChI=1S/C11H14BrNOS/c1-2-13-11(14)8-15-7-9-4-3-5-10(12)6-9/h3-6H,2,7-8H2,1H3,(H,13,14). The van der Waals surface area contributed by atoms with Crippen molar-refractivity contribution in [2.45, 2.75) is 12.7 Å². The minimum absolute atomic E-state index is 0.109. The fourth-order valence-electron chi connectivity index (χ4n) is 1.14. The van der Waals surface area contributed by atoms with Gasteiger partial charge in [0.1, 0.15) is 0 Å². The summed E-state index contributed by atoms with van der Waals surface area (Å²) in [6.45, 7) is 2.63. The molecule has 0 atom stereocenters. The lowest BCUT2D eigenvalue weighted by molar-refractivity contribution is -0.118. The molecule has 0 fully saturated rings. The average molecular weight is 288 g/mol. The van der Waals surface area contributed by atoms with Gasteiger partial charge in [0, 0.05) is 16.8 Å². The molecular weight excluding hydrogens is 274 g/mol. The minimum Gasteiger partial charge on any atom is -0.356 e. The van der Waals surface area contributed by atoms with Gasteiger partial charge in [0.25, 0.3) is 0 Å². The zero-order chi connectivity index (χ0) is 11.1. The van der Waals surface area contributed by atoms with Crippen LogP contribution in [0.2, 0.25) is 0 Å². The van der Waals surface area contributed by atoms with Gasteiger partial charge in [-0.1, -0.05) is 28.1 Å². The third kappa shape index (κ3) is 5.23. The normalized spacial score (nSPS) is 10.0. The summed E-state index contributed by atoms with van der Waals surface area (Å²) in [4.78, 5) is 11.2. The van der Waals surface area contributed by atoms with Crippen LogP contribution in [0.5, 0.6) is 0 Å². The minimum atomic E-state index is 0.109. The van der Waals surface area contributed by atoms with Crippen molar-refractivity contribution >= 4 is 33.6 Å². The summed E-state index contributed by atoms with van der Waals surface area (Å²) in [6, 6.07) is 8.14. The number of carbonyl (C=O) groups excluding carboxylic acids is 1. The monoisotopic (exact) mass is 287 g/mol. The maximum Gasteiger partial charge on any atom is 0.229 e. The van der Waals surface area contributed by atoms with Crippen LogP contribution in [0.15, 0.2) is 28.7 Å². The first-order chi connectivity index (χ1) is 7.22. The highest BCUT2D eigenvalue weighted by Crippen LogP contribution is 2.16. The molecule has 0 saturated heterocycles. The molecule has 0 aliphatic carbocycles. The van der Waals surface area contributed by atoms with Crippen molar-refractivity contribution in [1.82, 2.24) is 5.32 Å². The number of halogens is 1. The first-order valence-corrected chi connectivity index (χ1v) is 6.76. The van der Waals surface area contributed by atoms with Crippen LogP contribution in [0.25, 0.3) is 0 Å². The molecule has 0 aliphatic rings. The second-order valence-electron chi connectivity index (χ2n) is 3.08. The lowest BCUT2D eigenvalue weighted by atomic mass is 10.2. The molecule has 1 rings (SSSR count). The molecule has 1 aromatic rings. The van der Waals surface area contributed by atoms with Crippen LogP contribution in [-0.2, 0) is 10.5 Å². The van der Waals surface area contributed by atoms with E-state index in [0.717, 1.165) is 10.2 Å². The number of hydrogen-bond acceptors (Lipinski definition) is 2. The number of benzene rings is 1. The number of carbonyl (C=O) groups is 1. The Morgan fingerprint density at radius 2 is 2.33 bits per heavy atom. The van der Waals surface area contributed by atoms with Crippen molar-refractivity contribution in [2.75, 3.05) is 12.3 Å². The molecule has 0 aliphatic heterocycles. The molecule has 0 spiro atoms. The molecule has 0 radical (unpaired) electrons. The number of rotatable bonds is 5. The second kappa shape index (κ2) is 6.90. The van der Waals surface area contributed by atoms with E-state index in [1.807, 2.05) is 19.1 Å². The molecule has 0 heterocycles. The molecule has 0 aromatic heterocycles. The van der Waals surface area contributed by atoms with E-state index in [1.165, 1.54) is 5.56 Å². The van der Waals surface area contributed by atoms with E-state index in [9.17, 15) is 4.79 Å². The molecule has 0 saturated carbocycles. The predicted molar refractivity (Wildman–Crippen MR) is 69.0 cm³/mol. The van der Waals surface area contributed by atoms with Gasteiger partial charge in [-0.25, -0.2) is 0 Å². The first kappa shape index (κ1) is 12.6. The molecular formula is C11H14BrNOS. The molecule has 82 valence electrons. The summed E-state index contributed by atoms with van der Waals surface area (Å²) < 4.78 is 1.08.